The van der Waals surface area contributed by atoms with Crippen LogP contribution in [-0.4, -0.2) is 66.8 Å². The second kappa shape index (κ2) is 6.53. The highest BCUT2D eigenvalue weighted by Crippen LogP contribution is 2.39. The number of rotatable bonds is 3. The molecule has 122 valence electrons. The van der Waals surface area contributed by atoms with Crippen molar-refractivity contribution in [3.8, 4) is 0 Å². The Morgan fingerprint density at radius 1 is 1.14 bits per heavy atom. The van der Waals surface area contributed by atoms with E-state index in [0.717, 1.165) is 12.6 Å². The Kier molecular flexibility index (Phi) is 4.89. The van der Waals surface area contributed by atoms with Crippen molar-refractivity contribution in [3.05, 3.63) is 0 Å². The van der Waals surface area contributed by atoms with Crippen LogP contribution < -0.4 is 5.73 Å². The number of hydrogen-bond donors (Lipinski definition) is 1. The lowest BCUT2D eigenvalue weighted by molar-refractivity contribution is -0.121. The van der Waals surface area contributed by atoms with Gasteiger partial charge in [0.15, 0.2) is 0 Å². The van der Waals surface area contributed by atoms with E-state index in [4.69, 9.17) is 10.5 Å². The van der Waals surface area contributed by atoms with Gasteiger partial charge in [-0.25, -0.2) is 0 Å². The number of hydrogen-bond acceptors (Lipinski definition) is 4. The molecule has 1 aliphatic carbocycles. The summed E-state index contributed by atoms with van der Waals surface area (Å²) in [6.07, 6.45) is 9.42. The summed E-state index contributed by atoms with van der Waals surface area (Å²) in [5.74, 6) is 0. The van der Waals surface area contributed by atoms with Gasteiger partial charge in [0, 0.05) is 38.8 Å². The van der Waals surface area contributed by atoms with Crippen LogP contribution in [0.15, 0.2) is 0 Å². The molecule has 2 saturated heterocycles. The maximum Gasteiger partial charge on any atom is 0.0767 e. The normalized spacial score (nSPS) is 42.7. The van der Waals surface area contributed by atoms with Crippen molar-refractivity contribution >= 4 is 0 Å². The third-order valence-electron chi connectivity index (χ3n) is 6.32. The van der Waals surface area contributed by atoms with E-state index in [1.54, 1.807) is 0 Å². The number of piperazine rings is 1. The molecule has 2 N–H and O–H groups in total. The second-order valence-electron chi connectivity index (χ2n) is 7.42. The van der Waals surface area contributed by atoms with E-state index in [9.17, 15) is 0 Å². The highest BCUT2D eigenvalue weighted by Gasteiger charge is 2.49. The van der Waals surface area contributed by atoms with Gasteiger partial charge in [-0.2, -0.15) is 0 Å². The predicted octanol–water partition coefficient (Wildman–Crippen LogP) is 1.83. The van der Waals surface area contributed by atoms with E-state index >= 15 is 0 Å². The number of ether oxygens (including phenoxy) is 1. The fourth-order valence-electron chi connectivity index (χ4n) is 5.18. The van der Waals surface area contributed by atoms with Gasteiger partial charge < -0.3 is 10.5 Å². The lowest BCUT2D eigenvalue weighted by Gasteiger charge is -2.58. The van der Waals surface area contributed by atoms with Crippen LogP contribution in [0.4, 0.5) is 0 Å². The zero-order valence-electron chi connectivity index (χ0n) is 13.9. The van der Waals surface area contributed by atoms with E-state index in [-0.39, 0.29) is 5.54 Å². The number of methoxy groups -OCH3 is 1. The summed E-state index contributed by atoms with van der Waals surface area (Å²) in [5.41, 5.74) is 6.41. The molecule has 4 atom stereocenters. The molecule has 0 aromatic rings. The molecule has 0 bridgehead atoms. The molecular weight excluding hydrogens is 262 g/mol. The minimum atomic E-state index is 0.0793. The number of piperidine rings is 1. The van der Waals surface area contributed by atoms with Crippen LogP contribution in [0.1, 0.15) is 51.9 Å². The van der Waals surface area contributed by atoms with Gasteiger partial charge in [-0.05, 0) is 39.2 Å². The Labute approximate surface area is 130 Å². The molecule has 1 saturated carbocycles. The molecule has 3 aliphatic rings. The van der Waals surface area contributed by atoms with Crippen molar-refractivity contribution in [1.82, 2.24) is 9.80 Å². The van der Waals surface area contributed by atoms with Crippen molar-refractivity contribution in [2.24, 2.45) is 5.73 Å². The molecule has 3 fully saturated rings. The predicted molar refractivity (Wildman–Crippen MR) is 86.4 cm³/mol. The molecule has 0 aromatic carbocycles. The van der Waals surface area contributed by atoms with E-state index in [0.29, 0.717) is 12.1 Å². The molecule has 2 heterocycles. The van der Waals surface area contributed by atoms with Gasteiger partial charge in [0.05, 0.1) is 11.6 Å². The summed E-state index contributed by atoms with van der Waals surface area (Å²) >= 11 is 0. The molecule has 0 aromatic heterocycles. The van der Waals surface area contributed by atoms with Crippen LogP contribution in [0, 0.1) is 0 Å². The summed E-state index contributed by atoms with van der Waals surface area (Å²) in [6.45, 7) is 6.83. The van der Waals surface area contributed by atoms with Crippen LogP contribution in [0.2, 0.25) is 0 Å². The summed E-state index contributed by atoms with van der Waals surface area (Å²) in [4.78, 5) is 5.46. The Morgan fingerprint density at radius 3 is 2.71 bits per heavy atom. The highest BCUT2D eigenvalue weighted by atomic mass is 16.5. The summed E-state index contributed by atoms with van der Waals surface area (Å²) in [6, 6.07) is 1.34. The summed E-state index contributed by atoms with van der Waals surface area (Å²) in [7, 11) is 1.88. The fraction of sp³-hybridized carbons (Fsp3) is 1.00. The van der Waals surface area contributed by atoms with Gasteiger partial charge in [-0.15, -0.1) is 0 Å². The van der Waals surface area contributed by atoms with E-state index in [2.05, 4.69) is 16.7 Å². The van der Waals surface area contributed by atoms with Crippen molar-refractivity contribution in [1.29, 1.82) is 0 Å². The Balaban J connectivity index is 1.81. The molecule has 2 aliphatic heterocycles. The first kappa shape index (κ1) is 15.7. The maximum absolute atomic E-state index is 6.33. The van der Waals surface area contributed by atoms with Crippen LogP contribution in [-0.2, 0) is 4.74 Å². The Bertz CT molecular complexity index is 351. The Hall–Kier alpha value is -0.160. The first-order chi connectivity index (χ1) is 10.2. The third-order valence-corrected chi connectivity index (χ3v) is 6.32. The van der Waals surface area contributed by atoms with Gasteiger partial charge in [0.1, 0.15) is 0 Å². The minimum Gasteiger partial charge on any atom is -0.379 e. The molecular formula is C17H33N3O. The maximum atomic E-state index is 6.33. The summed E-state index contributed by atoms with van der Waals surface area (Å²) in [5, 5.41) is 0. The number of nitrogens with zero attached hydrogens (tertiary/aromatic N) is 2. The lowest BCUT2D eigenvalue weighted by atomic mass is 9.75. The molecule has 4 nitrogen and oxygen atoms in total. The summed E-state index contributed by atoms with van der Waals surface area (Å²) < 4.78 is 5.90. The van der Waals surface area contributed by atoms with Crippen LogP contribution in [0.3, 0.4) is 0 Å². The molecule has 0 radical (unpaired) electrons. The zero-order chi connectivity index (χ0) is 14.9. The zero-order valence-corrected chi connectivity index (χ0v) is 13.9. The van der Waals surface area contributed by atoms with Gasteiger partial charge >= 0.3 is 0 Å². The van der Waals surface area contributed by atoms with E-state index < -0.39 is 0 Å². The smallest absolute Gasteiger partial charge is 0.0767 e. The van der Waals surface area contributed by atoms with Crippen molar-refractivity contribution < 1.29 is 4.74 Å². The van der Waals surface area contributed by atoms with Gasteiger partial charge in [0.2, 0.25) is 0 Å². The van der Waals surface area contributed by atoms with Crippen molar-refractivity contribution in [3.63, 3.8) is 0 Å². The number of fused-ring (bicyclic) bond motifs is 1. The van der Waals surface area contributed by atoms with E-state index in [1.807, 2.05) is 7.11 Å². The van der Waals surface area contributed by atoms with Crippen molar-refractivity contribution in [2.75, 3.05) is 33.3 Å². The van der Waals surface area contributed by atoms with Crippen molar-refractivity contribution in [2.45, 2.75) is 75.6 Å². The highest BCUT2D eigenvalue weighted by molar-refractivity contribution is 5.06. The van der Waals surface area contributed by atoms with Crippen LogP contribution >= 0.6 is 0 Å². The second-order valence-corrected chi connectivity index (χ2v) is 7.42. The van der Waals surface area contributed by atoms with Gasteiger partial charge in [-0.3, -0.25) is 9.80 Å². The monoisotopic (exact) mass is 295 g/mol. The quantitative estimate of drug-likeness (QED) is 0.862. The van der Waals surface area contributed by atoms with Crippen LogP contribution in [0.5, 0.6) is 0 Å². The van der Waals surface area contributed by atoms with Gasteiger partial charge in [0.25, 0.3) is 0 Å². The molecule has 21 heavy (non-hydrogen) atoms. The number of nitrogens with two attached hydrogens (primary N) is 1. The molecule has 0 spiro atoms. The average Bonchev–Trinajstić information content (AvgIpc) is 2.54. The molecule has 3 rings (SSSR count). The molecule has 4 heteroatoms. The van der Waals surface area contributed by atoms with Gasteiger partial charge in [-0.1, -0.05) is 19.3 Å². The largest absolute Gasteiger partial charge is 0.379 e. The van der Waals surface area contributed by atoms with Crippen LogP contribution in [0.25, 0.3) is 0 Å². The van der Waals surface area contributed by atoms with E-state index in [1.165, 1.54) is 64.6 Å². The fourth-order valence-corrected chi connectivity index (χ4v) is 5.18. The molecule has 4 unspecified atom stereocenters. The standard InChI is InChI=1S/C17H33N3O/c1-14-11-19-10-6-4-7-15(19)12-20(14)17(13-18)9-5-3-8-16(17)21-2/h14-16H,3-13,18H2,1-2H3. The first-order valence-electron chi connectivity index (χ1n) is 8.95. The third kappa shape index (κ3) is 2.76. The first-order valence-corrected chi connectivity index (χ1v) is 8.95. The average molecular weight is 295 g/mol. The lowest BCUT2D eigenvalue weighted by Crippen LogP contribution is -2.71. The molecule has 0 amide bonds. The minimum absolute atomic E-state index is 0.0793. The SMILES string of the molecule is COC1CCCCC1(CN)N1CC2CCCCN2CC1C. The topological polar surface area (TPSA) is 41.7 Å². The Morgan fingerprint density at radius 2 is 1.95 bits per heavy atom.